The molecule has 0 unspecified atom stereocenters. The summed E-state index contributed by atoms with van der Waals surface area (Å²) in [4.78, 5) is 16.4. The first kappa shape index (κ1) is 16.1. The van der Waals surface area contributed by atoms with Crippen molar-refractivity contribution in [3.05, 3.63) is 65.5 Å². The lowest BCUT2D eigenvalue weighted by atomic mass is 10.1. The second-order valence-corrected chi connectivity index (χ2v) is 5.42. The van der Waals surface area contributed by atoms with Crippen molar-refractivity contribution in [3.63, 3.8) is 0 Å². The van der Waals surface area contributed by atoms with Crippen molar-refractivity contribution in [2.45, 2.75) is 19.9 Å². The molecule has 1 amide bonds. The van der Waals surface area contributed by atoms with Gasteiger partial charge in [0.25, 0.3) is 5.91 Å². The van der Waals surface area contributed by atoms with E-state index in [9.17, 15) is 13.6 Å². The number of nitrogens with zero attached hydrogens (tertiary/aromatic N) is 2. The number of benzene rings is 1. The van der Waals surface area contributed by atoms with Crippen LogP contribution in [0, 0.1) is 11.6 Å². The third kappa shape index (κ3) is 2.99. The molecule has 0 fully saturated rings. The van der Waals surface area contributed by atoms with Gasteiger partial charge in [-0.3, -0.25) is 4.79 Å². The number of hydrogen-bond acceptors (Lipinski definition) is 2. The molecule has 2 heterocycles. The third-order valence-electron chi connectivity index (χ3n) is 3.93. The van der Waals surface area contributed by atoms with E-state index in [4.69, 9.17) is 0 Å². The quantitative estimate of drug-likeness (QED) is 0.781. The number of carbonyl (C=O) groups excluding carboxylic acids is 1. The molecule has 0 spiro atoms. The highest BCUT2D eigenvalue weighted by Gasteiger charge is 2.16. The van der Waals surface area contributed by atoms with E-state index < -0.39 is 23.1 Å². The summed E-state index contributed by atoms with van der Waals surface area (Å²) in [6.45, 7) is 3.10. The fourth-order valence-electron chi connectivity index (χ4n) is 2.75. The van der Waals surface area contributed by atoms with Crippen molar-refractivity contribution in [1.29, 1.82) is 0 Å². The molecule has 6 heteroatoms. The van der Waals surface area contributed by atoms with Crippen LogP contribution in [-0.4, -0.2) is 22.0 Å². The fourth-order valence-corrected chi connectivity index (χ4v) is 2.75. The van der Waals surface area contributed by atoms with Crippen molar-refractivity contribution in [1.82, 2.24) is 14.9 Å². The van der Waals surface area contributed by atoms with Crippen LogP contribution >= 0.6 is 0 Å². The Hall–Kier alpha value is -2.76. The van der Waals surface area contributed by atoms with Crippen molar-refractivity contribution in [2.75, 3.05) is 6.54 Å². The SMILES string of the molecule is CCn1cc(CCNC(=O)c2c(F)cccc2F)c2cccnc21. The summed E-state index contributed by atoms with van der Waals surface area (Å²) in [7, 11) is 0. The lowest BCUT2D eigenvalue weighted by Gasteiger charge is -2.06. The number of hydrogen-bond donors (Lipinski definition) is 1. The fraction of sp³-hybridized carbons (Fsp3) is 0.222. The Morgan fingerprint density at radius 1 is 1.21 bits per heavy atom. The van der Waals surface area contributed by atoms with Crippen LogP contribution < -0.4 is 5.32 Å². The molecule has 0 atom stereocenters. The molecule has 0 aliphatic heterocycles. The molecule has 0 saturated heterocycles. The van der Waals surface area contributed by atoms with Gasteiger partial charge in [0.1, 0.15) is 22.8 Å². The maximum atomic E-state index is 13.6. The zero-order valence-corrected chi connectivity index (χ0v) is 13.2. The minimum absolute atomic E-state index is 0.282. The van der Waals surface area contributed by atoms with Crippen LogP contribution in [0.25, 0.3) is 11.0 Å². The Labute approximate surface area is 138 Å². The molecule has 0 aliphatic rings. The van der Waals surface area contributed by atoms with Crippen molar-refractivity contribution in [3.8, 4) is 0 Å². The Bertz CT molecular complexity index is 869. The number of amides is 1. The van der Waals surface area contributed by atoms with Gasteiger partial charge in [-0.2, -0.15) is 0 Å². The number of pyridine rings is 1. The van der Waals surface area contributed by atoms with Gasteiger partial charge in [-0.05, 0) is 43.2 Å². The number of halogens is 2. The zero-order valence-electron chi connectivity index (χ0n) is 13.2. The highest BCUT2D eigenvalue weighted by atomic mass is 19.1. The van der Waals surface area contributed by atoms with Gasteiger partial charge in [0.05, 0.1) is 0 Å². The maximum Gasteiger partial charge on any atom is 0.257 e. The van der Waals surface area contributed by atoms with E-state index in [0.29, 0.717) is 6.42 Å². The van der Waals surface area contributed by atoms with E-state index in [0.717, 1.165) is 35.3 Å². The van der Waals surface area contributed by atoms with Crippen LogP contribution in [0.2, 0.25) is 0 Å². The highest BCUT2D eigenvalue weighted by molar-refractivity contribution is 5.94. The van der Waals surface area contributed by atoms with Gasteiger partial charge < -0.3 is 9.88 Å². The molecule has 0 saturated carbocycles. The Morgan fingerprint density at radius 3 is 2.67 bits per heavy atom. The molecule has 0 radical (unpaired) electrons. The first-order chi connectivity index (χ1) is 11.6. The Balaban J connectivity index is 1.72. The Kier molecular flexibility index (Phi) is 4.55. The van der Waals surface area contributed by atoms with E-state index in [-0.39, 0.29) is 6.54 Å². The topological polar surface area (TPSA) is 46.9 Å². The summed E-state index contributed by atoms with van der Waals surface area (Å²) in [5.74, 6) is -2.47. The number of carbonyl (C=O) groups is 1. The molecular formula is C18H17F2N3O. The minimum Gasteiger partial charge on any atom is -0.352 e. The summed E-state index contributed by atoms with van der Waals surface area (Å²) in [5, 5.41) is 3.59. The summed E-state index contributed by atoms with van der Waals surface area (Å²) in [6.07, 6.45) is 4.28. The molecule has 1 N–H and O–H groups in total. The average Bonchev–Trinajstić information content (AvgIpc) is 2.93. The smallest absolute Gasteiger partial charge is 0.257 e. The molecule has 1 aromatic carbocycles. The number of aromatic nitrogens is 2. The molecule has 124 valence electrons. The first-order valence-electron chi connectivity index (χ1n) is 7.76. The third-order valence-corrected chi connectivity index (χ3v) is 3.93. The number of fused-ring (bicyclic) bond motifs is 1. The van der Waals surface area contributed by atoms with Crippen LogP contribution in [0.4, 0.5) is 8.78 Å². The van der Waals surface area contributed by atoms with Crippen LogP contribution in [0.15, 0.2) is 42.7 Å². The molecule has 3 rings (SSSR count). The van der Waals surface area contributed by atoms with Gasteiger partial charge in [0.2, 0.25) is 0 Å². The van der Waals surface area contributed by atoms with Gasteiger partial charge >= 0.3 is 0 Å². The lowest BCUT2D eigenvalue weighted by molar-refractivity contribution is 0.0945. The monoisotopic (exact) mass is 329 g/mol. The van der Waals surface area contributed by atoms with Crippen molar-refractivity contribution < 1.29 is 13.6 Å². The van der Waals surface area contributed by atoms with E-state index in [1.54, 1.807) is 6.20 Å². The second-order valence-electron chi connectivity index (χ2n) is 5.42. The van der Waals surface area contributed by atoms with E-state index in [2.05, 4.69) is 10.3 Å². The van der Waals surface area contributed by atoms with Crippen molar-refractivity contribution >= 4 is 16.9 Å². The molecule has 24 heavy (non-hydrogen) atoms. The normalized spacial score (nSPS) is 11.0. The predicted octanol–water partition coefficient (Wildman–Crippen LogP) is 3.31. The molecular weight excluding hydrogens is 312 g/mol. The zero-order chi connectivity index (χ0) is 17.1. The standard InChI is InChI=1S/C18H17F2N3O/c1-2-23-11-12(13-5-4-9-21-17(13)23)8-10-22-18(24)16-14(19)6-3-7-15(16)20/h3-7,9,11H,2,8,10H2,1H3,(H,22,24). The van der Waals surface area contributed by atoms with Crippen LogP contribution in [0.1, 0.15) is 22.8 Å². The van der Waals surface area contributed by atoms with Gasteiger partial charge in [0, 0.05) is 30.9 Å². The number of rotatable bonds is 5. The molecule has 0 aliphatic carbocycles. The first-order valence-corrected chi connectivity index (χ1v) is 7.76. The lowest BCUT2D eigenvalue weighted by Crippen LogP contribution is -2.27. The van der Waals surface area contributed by atoms with Gasteiger partial charge in [0.15, 0.2) is 0 Å². The minimum atomic E-state index is -0.862. The molecule has 2 aromatic heterocycles. The average molecular weight is 329 g/mol. The van der Waals surface area contributed by atoms with E-state index in [1.807, 2.05) is 29.8 Å². The van der Waals surface area contributed by atoms with Gasteiger partial charge in [-0.25, -0.2) is 13.8 Å². The highest BCUT2D eigenvalue weighted by Crippen LogP contribution is 2.19. The van der Waals surface area contributed by atoms with Crippen molar-refractivity contribution in [2.24, 2.45) is 0 Å². The second kappa shape index (κ2) is 6.78. The summed E-state index contributed by atoms with van der Waals surface area (Å²) < 4.78 is 29.2. The Morgan fingerprint density at radius 2 is 1.96 bits per heavy atom. The van der Waals surface area contributed by atoms with E-state index >= 15 is 0 Å². The number of aryl methyl sites for hydroxylation is 1. The van der Waals surface area contributed by atoms with Crippen LogP contribution in [0.3, 0.4) is 0 Å². The molecule has 3 aromatic rings. The summed E-state index contributed by atoms with van der Waals surface area (Å²) in [6, 6.07) is 7.20. The van der Waals surface area contributed by atoms with Gasteiger partial charge in [-0.15, -0.1) is 0 Å². The van der Waals surface area contributed by atoms with E-state index in [1.165, 1.54) is 6.07 Å². The number of nitrogens with one attached hydrogen (secondary N) is 1. The molecule has 4 nitrogen and oxygen atoms in total. The maximum absolute atomic E-state index is 13.6. The van der Waals surface area contributed by atoms with Gasteiger partial charge in [-0.1, -0.05) is 6.07 Å². The summed E-state index contributed by atoms with van der Waals surface area (Å²) in [5.41, 5.74) is 1.38. The largest absolute Gasteiger partial charge is 0.352 e. The predicted molar refractivity (Wildman–Crippen MR) is 87.8 cm³/mol. The molecule has 0 bridgehead atoms. The summed E-state index contributed by atoms with van der Waals surface area (Å²) >= 11 is 0. The van der Waals surface area contributed by atoms with Crippen LogP contribution in [0.5, 0.6) is 0 Å². The van der Waals surface area contributed by atoms with Crippen LogP contribution in [-0.2, 0) is 13.0 Å².